The molecular formula is C21H30O7. The third-order valence-corrected chi connectivity index (χ3v) is 6.44. The largest absolute Gasteiger partial charge is 0.461 e. The normalized spacial score (nSPS) is 40.5. The summed E-state index contributed by atoms with van der Waals surface area (Å²) < 4.78 is 23.4. The summed E-state index contributed by atoms with van der Waals surface area (Å²) in [5.41, 5.74) is 0.0943. The van der Waals surface area contributed by atoms with E-state index in [-0.39, 0.29) is 30.5 Å². The molecule has 0 aromatic heterocycles. The van der Waals surface area contributed by atoms with Gasteiger partial charge >= 0.3 is 11.9 Å². The minimum atomic E-state index is -1.00. The van der Waals surface area contributed by atoms with Gasteiger partial charge in [0.15, 0.2) is 5.79 Å². The molecule has 28 heavy (non-hydrogen) atoms. The highest BCUT2D eigenvalue weighted by Gasteiger charge is 2.56. The highest BCUT2D eigenvalue weighted by Crippen LogP contribution is 2.49. The lowest BCUT2D eigenvalue weighted by molar-refractivity contribution is -0.231. The van der Waals surface area contributed by atoms with Crippen LogP contribution in [0.3, 0.4) is 0 Å². The van der Waals surface area contributed by atoms with Crippen molar-refractivity contribution < 1.29 is 33.6 Å². The predicted molar refractivity (Wildman–Crippen MR) is 100 cm³/mol. The van der Waals surface area contributed by atoms with Crippen LogP contribution in [-0.2, 0) is 28.5 Å². The van der Waals surface area contributed by atoms with Crippen molar-refractivity contribution in [3.05, 3.63) is 23.8 Å². The van der Waals surface area contributed by atoms with Crippen LogP contribution in [0.1, 0.15) is 46.5 Å². The predicted octanol–water partition coefficient (Wildman–Crippen LogP) is 2.28. The molecule has 0 aromatic rings. The molecule has 2 bridgehead atoms. The van der Waals surface area contributed by atoms with E-state index in [1.54, 1.807) is 20.1 Å². The molecular weight excluding hydrogens is 364 g/mol. The summed E-state index contributed by atoms with van der Waals surface area (Å²) in [6, 6.07) is 0. The Morgan fingerprint density at radius 3 is 2.79 bits per heavy atom. The quantitative estimate of drug-likeness (QED) is 0.434. The topological polar surface area (TPSA) is 91.3 Å². The van der Waals surface area contributed by atoms with Crippen LogP contribution in [0.15, 0.2) is 23.8 Å². The van der Waals surface area contributed by atoms with Gasteiger partial charge in [0.1, 0.15) is 12.2 Å². The number of methoxy groups -OCH3 is 1. The number of aliphatic hydroxyl groups excluding tert-OH is 1. The summed E-state index contributed by atoms with van der Waals surface area (Å²) in [4.78, 5) is 24.8. The molecule has 0 radical (unpaired) electrons. The van der Waals surface area contributed by atoms with E-state index in [9.17, 15) is 14.7 Å². The van der Waals surface area contributed by atoms with Gasteiger partial charge in [0.2, 0.25) is 0 Å². The second-order valence-corrected chi connectivity index (χ2v) is 8.16. The van der Waals surface area contributed by atoms with Crippen LogP contribution in [0, 0.1) is 11.8 Å². The standard InChI is InChI=1S/C21H30O7/c1-6-12(2)18(23)27-16-10-20(11-22)7-8-21(25-5,28-20)13(3)9-15-17(16)14(4)19(24)26-15/h9,12,15-17,22H,4,6-8,10-11H2,1-3,5H3/b13-9-/t12-,15+,16-,17+,20-,21+/m1/s1. The Labute approximate surface area is 165 Å². The first-order valence-corrected chi connectivity index (χ1v) is 9.86. The van der Waals surface area contributed by atoms with Gasteiger partial charge in [0, 0.05) is 25.5 Å². The van der Waals surface area contributed by atoms with Crippen molar-refractivity contribution in [3.63, 3.8) is 0 Å². The number of ether oxygens (including phenoxy) is 4. The molecule has 2 fully saturated rings. The van der Waals surface area contributed by atoms with E-state index < -0.39 is 35.5 Å². The number of fused-ring (bicyclic) bond motifs is 3. The van der Waals surface area contributed by atoms with E-state index in [0.29, 0.717) is 19.3 Å². The van der Waals surface area contributed by atoms with Crippen LogP contribution in [-0.4, -0.2) is 54.4 Å². The number of aliphatic hydroxyl groups is 1. The zero-order valence-corrected chi connectivity index (χ0v) is 17.0. The maximum absolute atomic E-state index is 12.6. The molecule has 3 rings (SSSR count). The Morgan fingerprint density at radius 2 is 2.18 bits per heavy atom. The fraction of sp³-hybridized carbons (Fsp3) is 0.714. The van der Waals surface area contributed by atoms with E-state index in [1.807, 2.05) is 13.8 Å². The third kappa shape index (κ3) is 3.40. The fourth-order valence-electron chi connectivity index (χ4n) is 4.34. The zero-order chi connectivity index (χ0) is 20.7. The minimum Gasteiger partial charge on any atom is -0.461 e. The monoisotopic (exact) mass is 394 g/mol. The van der Waals surface area contributed by atoms with Gasteiger partial charge in [-0.1, -0.05) is 20.4 Å². The molecule has 0 unspecified atom stereocenters. The summed E-state index contributed by atoms with van der Waals surface area (Å²) in [5.74, 6) is -2.65. The number of hydrogen-bond acceptors (Lipinski definition) is 7. The maximum atomic E-state index is 12.6. The Hall–Kier alpha value is -1.70. The van der Waals surface area contributed by atoms with Crippen LogP contribution < -0.4 is 0 Å². The number of carbonyl (C=O) groups is 2. The van der Waals surface area contributed by atoms with Crippen molar-refractivity contribution >= 4 is 11.9 Å². The summed E-state index contributed by atoms with van der Waals surface area (Å²) >= 11 is 0. The summed E-state index contributed by atoms with van der Waals surface area (Å²) in [6.07, 6.45) is 2.43. The highest BCUT2D eigenvalue weighted by molar-refractivity contribution is 5.91. The second-order valence-electron chi connectivity index (χ2n) is 8.16. The molecule has 3 aliphatic rings. The van der Waals surface area contributed by atoms with Gasteiger partial charge in [-0.15, -0.1) is 0 Å². The molecule has 2 saturated heterocycles. The lowest BCUT2D eigenvalue weighted by Gasteiger charge is -2.36. The van der Waals surface area contributed by atoms with Gasteiger partial charge in [-0.05, 0) is 31.4 Å². The van der Waals surface area contributed by atoms with Gasteiger partial charge in [-0.25, -0.2) is 4.79 Å². The fourth-order valence-corrected chi connectivity index (χ4v) is 4.34. The molecule has 0 aliphatic carbocycles. The van der Waals surface area contributed by atoms with Crippen molar-refractivity contribution in [1.82, 2.24) is 0 Å². The SMILES string of the molecule is C=C1C(=O)O[C@H]2/C=C(/C)[C@]3(OC)CC[C@](CO)(C[C@@H](OC(=O)[C@H](C)CC)[C@@H]12)O3. The van der Waals surface area contributed by atoms with E-state index in [4.69, 9.17) is 18.9 Å². The molecule has 6 atom stereocenters. The van der Waals surface area contributed by atoms with Gasteiger partial charge in [0.05, 0.1) is 24.0 Å². The maximum Gasteiger partial charge on any atom is 0.334 e. The van der Waals surface area contributed by atoms with Crippen LogP contribution in [0.4, 0.5) is 0 Å². The van der Waals surface area contributed by atoms with Gasteiger partial charge in [-0.2, -0.15) is 0 Å². The van der Waals surface area contributed by atoms with Crippen molar-refractivity contribution in [2.24, 2.45) is 11.8 Å². The Balaban J connectivity index is 2.05. The average molecular weight is 394 g/mol. The lowest BCUT2D eigenvalue weighted by Crippen LogP contribution is -2.45. The van der Waals surface area contributed by atoms with E-state index in [2.05, 4.69) is 6.58 Å². The van der Waals surface area contributed by atoms with Crippen molar-refractivity contribution in [2.75, 3.05) is 13.7 Å². The Kier molecular flexibility index (Phi) is 5.71. The molecule has 0 aromatic carbocycles. The Morgan fingerprint density at radius 1 is 1.46 bits per heavy atom. The number of hydrogen-bond donors (Lipinski definition) is 1. The molecule has 3 heterocycles. The summed E-state index contributed by atoms with van der Waals surface area (Å²) in [6.45, 7) is 9.21. The van der Waals surface area contributed by atoms with Crippen molar-refractivity contribution in [3.8, 4) is 0 Å². The number of rotatable bonds is 5. The average Bonchev–Trinajstić information content (AvgIpc) is 3.20. The Bertz CT molecular complexity index is 699. The summed E-state index contributed by atoms with van der Waals surface area (Å²) in [5, 5.41) is 10.2. The molecule has 0 amide bonds. The zero-order valence-electron chi connectivity index (χ0n) is 17.0. The van der Waals surface area contributed by atoms with E-state index >= 15 is 0 Å². The lowest BCUT2D eigenvalue weighted by atomic mass is 9.81. The van der Waals surface area contributed by atoms with Gasteiger partial charge in [0.25, 0.3) is 0 Å². The molecule has 3 aliphatic heterocycles. The van der Waals surface area contributed by atoms with Crippen molar-refractivity contribution in [1.29, 1.82) is 0 Å². The first kappa shape index (κ1) is 21.0. The smallest absolute Gasteiger partial charge is 0.334 e. The van der Waals surface area contributed by atoms with Crippen molar-refractivity contribution in [2.45, 2.75) is 70.1 Å². The highest BCUT2D eigenvalue weighted by atomic mass is 16.7. The van der Waals surface area contributed by atoms with E-state index in [1.165, 1.54) is 0 Å². The molecule has 7 nitrogen and oxygen atoms in total. The molecule has 0 spiro atoms. The van der Waals surface area contributed by atoms with Crippen LogP contribution in [0.5, 0.6) is 0 Å². The first-order valence-electron chi connectivity index (χ1n) is 9.86. The molecule has 7 heteroatoms. The van der Waals surface area contributed by atoms with Crippen LogP contribution in [0.2, 0.25) is 0 Å². The first-order chi connectivity index (χ1) is 13.2. The van der Waals surface area contributed by atoms with Gasteiger partial charge in [-0.3, -0.25) is 4.79 Å². The third-order valence-electron chi connectivity index (χ3n) is 6.44. The second kappa shape index (κ2) is 7.61. The molecule has 1 N–H and O–H groups in total. The van der Waals surface area contributed by atoms with Crippen LogP contribution in [0.25, 0.3) is 0 Å². The number of esters is 2. The minimum absolute atomic E-state index is 0.231. The molecule has 0 saturated carbocycles. The molecule has 156 valence electrons. The van der Waals surface area contributed by atoms with E-state index in [0.717, 1.165) is 5.57 Å². The summed E-state index contributed by atoms with van der Waals surface area (Å²) in [7, 11) is 1.56. The number of carbonyl (C=O) groups excluding carboxylic acids is 2. The van der Waals surface area contributed by atoms with Gasteiger partial charge < -0.3 is 24.1 Å². The van der Waals surface area contributed by atoms with Crippen LogP contribution >= 0.6 is 0 Å².